The van der Waals surface area contributed by atoms with Crippen molar-refractivity contribution >= 4 is 11.8 Å². The fraction of sp³-hybridized carbons (Fsp3) is 0.263. The van der Waals surface area contributed by atoms with Gasteiger partial charge in [-0.2, -0.15) is 0 Å². The van der Waals surface area contributed by atoms with Crippen LogP contribution in [0.4, 0.5) is 0 Å². The molecule has 0 saturated heterocycles. The molecule has 0 aliphatic carbocycles. The van der Waals surface area contributed by atoms with Crippen LogP contribution >= 0.6 is 0 Å². The van der Waals surface area contributed by atoms with Crippen LogP contribution in [0.3, 0.4) is 0 Å². The van der Waals surface area contributed by atoms with Crippen LogP contribution in [0, 0.1) is 0 Å². The van der Waals surface area contributed by atoms with E-state index in [2.05, 4.69) is 10.6 Å². The molecule has 5 N–H and O–H groups in total. The van der Waals surface area contributed by atoms with Gasteiger partial charge >= 0.3 is 0 Å². The van der Waals surface area contributed by atoms with E-state index in [4.69, 9.17) is 5.73 Å². The first kappa shape index (κ1) is 18.6. The Labute approximate surface area is 147 Å². The van der Waals surface area contributed by atoms with Gasteiger partial charge < -0.3 is 16.2 Å². The Hall–Kier alpha value is -2.70. The van der Waals surface area contributed by atoms with E-state index in [9.17, 15) is 14.7 Å². The minimum Gasteiger partial charge on any atom is -0.388 e. The van der Waals surface area contributed by atoms with Crippen LogP contribution in [-0.4, -0.2) is 35.2 Å². The number of hydrogen-bond acceptors (Lipinski definition) is 4. The molecule has 6 heteroatoms. The summed E-state index contributed by atoms with van der Waals surface area (Å²) in [6.07, 6.45) is 0. The summed E-state index contributed by atoms with van der Waals surface area (Å²) < 4.78 is 0. The number of amides is 2. The van der Waals surface area contributed by atoms with Crippen LogP contribution in [0.5, 0.6) is 0 Å². The Morgan fingerprint density at radius 1 is 1.04 bits per heavy atom. The number of aliphatic hydroxyl groups is 1. The van der Waals surface area contributed by atoms with Crippen molar-refractivity contribution in [1.82, 2.24) is 10.6 Å². The van der Waals surface area contributed by atoms with Crippen LogP contribution in [0.25, 0.3) is 11.1 Å². The standard InChI is InChI=1S/C19H23N3O3/c1-19(2,25)16(17(20)23)21-12-22-18(24)15-10-8-14(9-11-15)13-6-4-3-5-7-13/h3-11,16,21,25H,12H2,1-2H3,(H2,20,23)(H,22,24)/t16-/m1/s1. The second-order valence-corrected chi connectivity index (χ2v) is 6.32. The molecule has 0 spiro atoms. The smallest absolute Gasteiger partial charge is 0.252 e. The summed E-state index contributed by atoms with van der Waals surface area (Å²) in [6.45, 7) is 2.95. The molecule has 0 radical (unpaired) electrons. The molecule has 132 valence electrons. The first-order chi connectivity index (χ1) is 11.8. The highest BCUT2D eigenvalue weighted by atomic mass is 16.3. The average Bonchev–Trinajstić information content (AvgIpc) is 2.58. The minimum absolute atomic E-state index is 0.0108. The molecule has 2 amide bonds. The summed E-state index contributed by atoms with van der Waals surface area (Å²) in [5.41, 5.74) is 6.52. The maximum atomic E-state index is 12.2. The highest BCUT2D eigenvalue weighted by Crippen LogP contribution is 2.19. The Morgan fingerprint density at radius 3 is 2.12 bits per heavy atom. The van der Waals surface area contributed by atoms with E-state index in [0.29, 0.717) is 5.56 Å². The van der Waals surface area contributed by atoms with E-state index >= 15 is 0 Å². The molecule has 0 aliphatic heterocycles. The van der Waals surface area contributed by atoms with E-state index < -0.39 is 17.6 Å². The van der Waals surface area contributed by atoms with Gasteiger partial charge in [-0.25, -0.2) is 0 Å². The van der Waals surface area contributed by atoms with Crippen molar-refractivity contribution < 1.29 is 14.7 Å². The van der Waals surface area contributed by atoms with E-state index in [1.807, 2.05) is 42.5 Å². The Kier molecular flexibility index (Phi) is 5.90. The Balaban J connectivity index is 1.94. The number of nitrogens with one attached hydrogen (secondary N) is 2. The third kappa shape index (κ3) is 5.14. The van der Waals surface area contributed by atoms with Crippen LogP contribution in [0.15, 0.2) is 54.6 Å². The van der Waals surface area contributed by atoms with Crippen molar-refractivity contribution in [2.24, 2.45) is 5.73 Å². The third-order valence-corrected chi connectivity index (χ3v) is 3.80. The van der Waals surface area contributed by atoms with Crippen LogP contribution in [0.2, 0.25) is 0 Å². The summed E-state index contributed by atoms with van der Waals surface area (Å²) in [6, 6.07) is 16.1. The molecule has 0 aliphatic rings. The molecule has 0 heterocycles. The van der Waals surface area contributed by atoms with E-state index in [0.717, 1.165) is 11.1 Å². The summed E-state index contributed by atoms with van der Waals surface area (Å²) in [5.74, 6) is -0.972. The zero-order chi connectivity index (χ0) is 18.4. The van der Waals surface area contributed by atoms with Crippen molar-refractivity contribution in [1.29, 1.82) is 0 Å². The number of hydrogen-bond donors (Lipinski definition) is 4. The zero-order valence-corrected chi connectivity index (χ0v) is 14.3. The molecule has 0 aromatic heterocycles. The second-order valence-electron chi connectivity index (χ2n) is 6.32. The maximum Gasteiger partial charge on any atom is 0.252 e. The molecule has 2 rings (SSSR count). The largest absolute Gasteiger partial charge is 0.388 e. The molecule has 2 aromatic rings. The quantitative estimate of drug-likeness (QED) is 0.569. The van der Waals surface area contributed by atoms with Crippen molar-refractivity contribution in [2.75, 3.05) is 6.67 Å². The van der Waals surface area contributed by atoms with Gasteiger partial charge in [-0.05, 0) is 37.1 Å². The predicted octanol–water partition coefficient (Wildman–Crippen LogP) is 1.26. The number of primary amides is 1. The maximum absolute atomic E-state index is 12.2. The van der Waals surface area contributed by atoms with Gasteiger partial charge in [0.1, 0.15) is 6.04 Å². The summed E-state index contributed by atoms with van der Waals surface area (Å²) in [4.78, 5) is 23.5. The van der Waals surface area contributed by atoms with Crippen molar-refractivity contribution in [2.45, 2.75) is 25.5 Å². The summed E-state index contributed by atoms with van der Waals surface area (Å²) >= 11 is 0. The SMILES string of the molecule is CC(C)(O)[C@H](NCNC(=O)c1ccc(-c2ccccc2)cc1)C(N)=O. The fourth-order valence-corrected chi connectivity index (χ4v) is 2.48. The number of nitrogens with two attached hydrogens (primary N) is 1. The molecule has 0 saturated carbocycles. The first-order valence-electron chi connectivity index (χ1n) is 7.98. The normalized spacial score (nSPS) is 12.4. The molecule has 6 nitrogen and oxygen atoms in total. The van der Waals surface area contributed by atoms with Crippen LogP contribution in [0.1, 0.15) is 24.2 Å². The molecule has 1 atom stereocenters. The molecular formula is C19H23N3O3. The van der Waals surface area contributed by atoms with Gasteiger partial charge in [0.25, 0.3) is 5.91 Å². The summed E-state index contributed by atoms with van der Waals surface area (Å²) in [7, 11) is 0. The predicted molar refractivity (Wildman–Crippen MR) is 96.6 cm³/mol. The highest BCUT2D eigenvalue weighted by Gasteiger charge is 2.31. The van der Waals surface area contributed by atoms with Crippen molar-refractivity contribution in [3.8, 4) is 11.1 Å². The van der Waals surface area contributed by atoms with Gasteiger partial charge in [-0.3, -0.25) is 14.9 Å². The lowest BCUT2D eigenvalue weighted by atomic mass is 9.99. The number of carbonyl (C=O) groups is 2. The molecule has 0 unspecified atom stereocenters. The van der Waals surface area contributed by atoms with Gasteiger partial charge in [-0.15, -0.1) is 0 Å². The lowest BCUT2D eigenvalue weighted by Crippen LogP contribution is -2.57. The lowest BCUT2D eigenvalue weighted by Gasteiger charge is -2.27. The molecule has 2 aromatic carbocycles. The second kappa shape index (κ2) is 7.92. The minimum atomic E-state index is -1.33. The molecule has 0 fully saturated rings. The molecular weight excluding hydrogens is 318 g/mol. The van der Waals surface area contributed by atoms with Gasteiger partial charge in [0, 0.05) is 5.56 Å². The topological polar surface area (TPSA) is 104 Å². The summed E-state index contributed by atoms with van der Waals surface area (Å²) in [5, 5.41) is 15.3. The Bertz CT molecular complexity index is 722. The first-order valence-corrected chi connectivity index (χ1v) is 7.98. The molecule has 0 bridgehead atoms. The van der Waals surface area contributed by atoms with Crippen LogP contribution < -0.4 is 16.4 Å². The average molecular weight is 341 g/mol. The monoisotopic (exact) mass is 341 g/mol. The fourth-order valence-electron chi connectivity index (χ4n) is 2.48. The van der Waals surface area contributed by atoms with Gasteiger partial charge in [0.15, 0.2) is 0 Å². The van der Waals surface area contributed by atoms with Gasteiger partial charge in [0.2, 0.25) is 5.91 Å². The zero-order valence-electron chi connectivity index (χ0n) is 14.3. The number of rotatable bonds is 7. The van der Waals surface area contributed by atoms with E-state index in [1.54, 1.807) is 12.1 Å². The highest BCUT2D eigenvalue weighted by molar-refractivity contribution is 5.94. The van der Waals surface area contributed by atoms with Crippen molar-refractivity contribution in [3.05, 3.63) is 60.2 Å². The van der Waals surface area contributed by atoms with Crippen molar-refractivity contribution in [3.63, 3.8) is 0 Å². The molecule has 25 heavy (non-hydrogen) atoms. The van der Waals surface area contributed by atoms with E-state index in [-0.39, 0.29) is 12.6 Å². The number of carbonyl (C=O) groups excluding carboxylic acids is 2. The lowest BCUT2D eigenvalue weighted by molar-refractivity contribution is -0.125. The van der Waals surface area contributed by atoms with Gasteiger partial charge in [-0.1, -0.05) is 42.5 Å². The third-order valence-electron chi connectivity index (χ3n) is 3.80. The van der Waals surface area contributed by atoms with Gasteiger partial charge in [0.05, 0.1) is 12.3 Å². The Morgan fingerprint density at radius 2 is 1.60 bits per heavy atom. The van der Waals surface area contributed by atoms with Crippen LogP contribution in [-0.2, 0) is 4.79 Å². The van der Waals surface area contributed by atoms with E-state index in [1.165, 1.54) is 13.8 Å². The number of benzene rings is 2.